The van der Waals surface area contributed by atoms with Crippen LogP contribution in [0.2, 0.25) is 0 Å². The highest BCUT2D eigenvalue weighted by Crippen LogP contribution is 2.18. The monoisotopic (exact) mass is 355 g/mol. The second kappa shape index (κ2) is 6.25. The van der Waals surface area contributed by atoms with Crippen LogP contribution in [0.4, 0.5) is 0 Å². The van der Waals surface area contributed by atoms with Gasteiger partial charge in [0.15, 0.2) is 9.84 Å². The Balaban J connectivity index is 1.62. The van der Waals surface area contributed by atoms with Gasteiger partial charge in [-0.15, -0.1) is 21.8 Å². The summed E-state index contributed by atoms with van der Waals surface area (Å²) < 4.78 is 23.0. The molecule has 0 unspecified atom stereocenters. The third-order valence-electron chi connectivity index (χ3n) is 3.40. The summed E-state index contributed by atoms with van der Waals surface area (Å²) in [6.45, 7) is -0.153. The number of nitrogens with one attached hydrogen (secondary N) is 1. The summed E-state index contributed by atoms with van der Waals surface area (Å²) in [6.07, 6.45) is 0. The highest BCUT2D eigenvalue weighted by Gasteiger charge is 2.37. The van der Waals surface area contributed by atoms with Crippen molar-refractivity contribution < 1.29 is 13.2 Å². The highest BCUT2D eigenvalue weighted by atomic mass is 35.5. The van der Waals surface area contributed by atoms with Crippen molar-refractivity contribution in [2.24, 2.45) is 0 Å². The van der Waals surface area contributed by atoms with Crippen LogP contribution in [0.3, 0.4) is 0 Å². The van der Waals surface area contributed by atoms with Crippen LogP contribution < -0.4 is 5.32 Å². The van der Waals surface area contributed by atoms with Crippen LogP contribution >= 0.6 is 11.6 Å². The molecule has 1 fully saturated rings. The number of tetrazole rings is 1. The molecule has 23 heavy (non-hydrogen) atoms. The van der Waals surface area contributed by atoms with Crippen LogP contribution in [0, 0.1) is 0 Å². The van der Waals surface area contributed by atoms with E-state index >= 15 is 0 Å². The normalized spacial score (nSPS) is 22.8. The van der Waals surface area contributed by atoms with Gasteiger partial charge in [0.05, 0.1) is 22.9 Å². The minimum atomic E-state index is -3.19. The SMILES string of the molecule is O=C(Cn1nnc(-c2ccccc2)n1)N[C@H]1CS(=O)(=O)C[C@@H]1Cl. The molecule has 2 aromatic rings. The van der Waals surface area contributed by atoms with Crippen molar-refractivity contribution in [1.29, 1.82) is 0 Å². The Bertz CT molecular complexity index is 808. The van der Waals surface area contributed by atoms with E-state index in [9.17, 15) is 13.2 Å². The number of sulfone groups is 1. The zero-order valence-electron chi connectivity index (χ0n) is 12.0. The first-order chi connectivity index (χ1) is 10.9. The van der Waals surface area contributed by atoms with Crippen LogP contribution in [0.25, 0.3) is 11.4 Å². The van der Waals surface area contributed by atoms with Crippen LogP contribution in [-0.4, -0.2) is 57.5 Å². The number of aromatic nitrogens is 4. The zero-order chi connectivity index (χ0) is 16.4. The average Bonchev–Trinajstić information content (AvgIpc) is 3.04. The third-order valence-corrected chi connectivity index (χ3v) is 5.77. The summed E-state index contributed by atoms with van der Waals surface area (Å²) >= 11 is 5.95. The first kappa shape index (κ1) is 15.9. The predicted octanol–water partition coefficient (Wildman–Crippen LogP) is -0.139. The first-order valence-corrected chi connectivity index (χ1v) is 9.16. The van der Waals surface area contributed by atoms with Crippen molar-refractivity contribution in [3.05, 3.63) is 30.3 Å². The standard InChI is InChI=1S/C13H14ClN5O3S/c14-10-7-23(21,22)8-11(10)15-12(20)6-19-17-13(16-18-19)9-4-2-1-3-5-9/h1-5,10-11H,6-8H2,(H,15,20)/t10-,11-/m0/s1. The van der Waals surface area contributed by atoms with Gasteiger partial charge in [0.25, 0.3) is 0 Å². The van der Waals surface area contributed by atoms with E-state index in [1.807, 2.05) is 30.3 Å². The van der Waals surface area contributed by atoms with Crippen molar-refractivity contribution in [2.75, 3.05) is 11.5 Å². The Morgan fingerprint density at radius 2 is 2.04 bits per heavy atom. The van der Waals surface area contributed by atoms with Crippen molar-refractivity contribution in [2.45, 2.75) is 18.0 Å². The quantitative estimate of drug-likeness (QED) is 0.765. The fraction of sp³-hybridized carbons (Fsp3) is 0.385. The second-order valence-corrected chi connectivity index (χ2v) is 7.99. The van der Waals surface area contributed by atoms with Gasteiger partial charge in [0.2, 0.25) is 11.7 Å². The minimum absolute atomic E-state index is 0.126. The lowest BCUT2D eigenvalue weighted by molar-refractivity contribution is -0.122. The molecule has 1 aromatic heterocycles. The molecule has 1 amide bonds. The van der Waals surface area contributed by atoms with Crippen molar-refractivity contribution in [1.82, 2.24) is 25.5 Å². The molecule has 0 saturated carbocycles. The summed E-state index contributed by atoms with van der Waals surface area (Å²) in [7, 11) is -3.19. The Morgan fingerprint density at radius 1 is 1.30 bits per heavy atom. The van der Waals surface area contributed by atoms with Crippen molar-refractivity contribution in [3.63, 3.8) is 0 Å². The summed E-state index contributed by atoms with van der Waals surface area (Å²) in [5.41, 5.74) is 0.793. The van der Waals surface area contributed by atoms with Gasteiger partial charge < -0.3 is 5.32 Å². The number of hydrogen-bond acceptors (Lipinski definition) is 6. The van der Waals surface area contributed by atoms with Crippen LogP contribution in [0.1, 0.15) is 0 Å². The van der Waals surface area contributed by atoms with E-state index in [1.165, 1.54) is 0 Å². The lowest BCUT2D eigenvalue weighted by Gasteiger charge is -2.13. The second-order valence-electron chi connectivity index (χ2n) is 5.28. The molecule has 8 nitrogen and oxygen atoms in total. The molecule has 0 aliphatic carbocycles. The van der Waals surface area contributed by atoms with Gasteiger partial charge >= 0.3 is 0 Å². The van der Waals surface area contributed by atoms with E-state index in [0.29, 0.717) is 5.82 Å². The summed E-state index contributed by atoms with van der Waals surface area (Å²) in [4.78, 5) is 13.1. The maximum absolute atomic E-state index is 12.0. The minimum Gasteiger partial charge on any atom is -0.349 e. The maximum Gasteiger partial charge on any atom is 0.243 e. The fourth-order valence-electron chi connectivity index (χ4n) is 2.33. The van der Waals surface area contributed by atoms with Gasteiger partial charge in [-0.05, 0) is 5.21 Å². The number of alkyl halides is 1. The number of benzene rings is 1. The Hall–Kier alpha value is -2.00. The van der Waals surface area contributed by atoms with Crippen LogP contribution in [0.15, 0.2) is 30.3 Å². The van der Waals surface area contributed by atoms with E-state index in [1.54, 1.807) is 0 Å². The summed E-state index contributed by atoms with van der Waals surface area (Å²) in [5, 5.41) is 13.8. The van der Waals surface area contributed by atoms with E-state index in [-0.39, 0.29) is 18.1 Å². The molecule has 122 valence electrons. The lowest BCUT2D eigenvalue weighted by atomic mass is 10.2. The number of nitrogens with zero attached hydrogens (tertiary/aromatic N) is 4. The molecule has 2 atom stereocenters. The Morgan fingerprint density at radius 3 is 2.70 bits per heavy atom. The predicted molar refractivity (Wildman–Crippen MR) is 83.5 cm³/mol. The van der Waals surface area contributed by atoms with Gasteiger partial charge in [-0.3, -0.25) is 4.79 Å². The van der Waals surface area contributed by atoms with Crippen molar-refractivity contribution in [3.8, 4) is 11.4 Å². The molecule has 0 bridgehead atoms. The molecule has 0 spiro atoms. The average molecular weight is 356 g/mol. The molecule has 1 aromatic carbocycles. The molecular weight excluding hydrogens is 342 g/mol. The Kier molecular flexibility index (Phi) is 4.31. The Labute approximate surface area is 137 Å². The number of carbonyl (C=O) groups is 1. The smallest absolute Gasteiger partial charge is 0.243 e. The molecule has 1 aliphatic heterocycles. The van der Waals surface area contributed by atoms with Crippen LogP contribution in [-0.2, 0) is 21.2 Å². The van der Waals surface area contributed by atoms with E-state index in [2.05, 4.69) is 20.7 Å². The van der Waals surface area contributed by atoms with Gasteiger partial charge in [-0.2, -0.15) is 4.80 Å². The topological polar surface area (TPSA) is 107 Å². The van der Waals surface area contributed by atoms with E-state index in [4.69, 9.17) is 11.6 Å². The summed E-state index contributed by atoms with van der Waals surface area (Å²) in [5.74, 6) is -0.265. The molecule has 1 saturated heterocycles. The maximum atomic E-state index is 12.0. The molecule has 1 aliphatic rings. The molecule has 10 heteroatoms. The molecular formula is C13H14ClN5O3S. The number of halogens is 1. The molecule has 0 radical (unpaired) electrons. The van der Waals surface area contributed by atoms with Gasteiger partial charge in [-0.1, -0.05) is 30.3 Å². The third kappa shape index (κ3) is 3.85. The fourth-order valence-corrected chi connectivity index (χ4v) is 4.88. The number of hydrogen-bond donors (Lipinski definition) is 1. The van der Waals surface area contributed by atoms with Gasteiger partial charge in [0, 0.05) is 5.56 Å². The van der Waals surface area contributed by atoms with E-state index in [0.717, 1.165) is 10.4 Å². The van der Waals surface area contributed by atoms with Gasteiger partial charge in [-0.25, -0.2) is 8.42 Å². The number of amides is 1. The highest BCUT2D eigenvalue weighted by molar-refractivity contribution is 7.91. The molecule has 1 N–H and O–H groups in total. The van der Waals surface area contributed by atoms with Gasteiger partial charge in [0.1, 0.15) is 6.54 Å². The lowest BCUT2D eigenvalue weighted by Crippen LogP contribution is -2.42. The largest absolute Gasteiger partial charge is 0.349 e. The first-order valence-electron chi connectivity index (χ1n) is 6.90. The molecule has 3 rings (SSSR count). The van der Waals surface area contributed by atoms with Crippen molar-refractivity contribution >= 4 is 27.3 Å². The summed E-state index contributed by atoms with van der Waals surface area (Å²) in [6, 6.07) is 8.66. The zero-order valence-corrected chi connectivity index (χ0v) is 13.5. The number of carbonyl (C=O) groups excluding carboxylic acids is 1. The van der Waals surface area contributed by atoms with Crippen LogP contribution in [0.5, 0.6) is 0 Å². The number of rotatable bonds is 4. The van der Waals surface area contributed by atoms with E-state index < -0.39 is 27.2 Å². The molecule has 2 heterocycles.